The van der Waals surface area contributed by atoms with Gasteiger partial charge >= 0.3 is 0 Å². The molecule has 2 atom stereocenters. The quantitative estimate of drug-likeness (QED) is 0.426. The summed E-state index contributed by atoms with van der Waals surface area (Å²) >= 11 is 0. The van der Waals surface area contributed by atoms with E-state index in [-0.39, 0.29) is 5.91 Å². The van der Waals surface area contributed by atoms with Crippen LogP contribution in [0.15, 0.2) is 91.3 Å². The summed E-state index contributed by atoms with van der Waals surface area (Å²) in [6.07, 6.45) is 1.90. The van der Waals surface area contributed by atoms with Gasteiger partial charge < -0.3 is 5.32 Å². The maximum absolute atomic E-state index is 13.1. The largest absolute Gasteiger partial charge is 0.324 e. The van der Waals surface area contributed by atoms with Crippen LogP contribution in [0.3, 0.4) is 0 Å². The van der Waals surface area contributed by atoms with Crippen molar-refractivity contribution in [1.82, 2.24) is 20.2 Å². The smallest absolute Gasteiger partial charge is 0.249 e. The van der Waals surface area contributed by atoms with Crippen LogP contribution in [-0.2, 0) is 33.5 Å². The summed E-state index contributed by atoms with van der Waals surface area (Å²) in [7, 11) is -1.05. The van der Waals surface area contributed by atoms with Crippen LogP contribution in [0.25, 0.3) is 0 Å². The van der Waals surface area contributed by atoms with Crippen molar-refractivity contribution in [2.45, 2.75) is 24.0 Å². The van der Waals surface area contributed by atoms with Gasteiger partial charge in [0.2, 0.25) is 5.91 Å². The summed E-state index contributed by atoms with van der Waals surface area (Å²) in [5.41, 5.74) is 3.60. The molecular formula is C24H23N5O2S. The van der Waals surface area contributed by atoms with Gasteiger partial charge in [0.15, 0.2) is 0 Å². The van der Waals surface area contributed by atoms with E-state index in [1.54, 1.807) is 0 Å². The molecule has 4 aromatic rings. The average molecular weight is 446 g/mol. The molecule has 0 aliphatic rings. The summed E-state index contributed by atoms with van der Waals surface area (Å²) in [5, 5.41) is 14.2. The standard InChI is InChI=1S/C24H23N5O2S/c30-24(23(29-18-25-27-28-29)15-19-8-3-1-4-9-19)26-22-13-7-12-21(14-22)17-32(31)16-20-10-5-2-6-11-20/h1-14,18,23H,15-17H2,(H,26,30). The Hall–Kier alpha value is -3.65. The minimum absolute atomic E-state index is 0.219. The number of amides is 1. The molecule has 0 bridgehead atoms. The zero-order valence-corrected chi connectivity index (χ0v) is 18.2. The molecule has 3 aromatic carbocycles. The molecule has 0 aliphatic heterocycles. The van der Waals surface area contributed by atoms with E-state index < -0.39 is 16.8 Å². The van der Waals surface area contributed by atoms with E-state index in [1.807, 2.05) is 84.9 Å². The minimum Gasteiger partial charge on any atom is -0.324 e. The van der Waals surface area contributed by atoms with Gasteiger partial charge in [-0.15, -0.1) is 5.10 Å². The number of hydrogen-bond donors (Lipinski definition) is 1. The molecule has 0 saturated carbocycles. The molecule has 1 amide bonds. The van der Waals surface area contributed by atoms with Crippen molar-refractivity contribution in [2.24, 2.45) is 0 Å². The fourth-order valence-electron chi connectivity index (χ4n) is 3.42. The molecule has 7 nitrogen and oxygen atoms in total. The van der Waals surface area contributed by atoms with Gasteiger partial charge in [-0.1, -0.05) is 72.8 Å². The summed E-state index contributed by atoms with van der Waals surface area (Å²) in [4.78, 5) is 13.1. The average Bonchev–Trinajstić information content (AvgIpc) is 3.33. The molecule has 32 heavy (non-hydrogen) atoms. The lowest BCUT2D eigenvalue weighted by Crippen LogP contribution is -2.28. The van der Waals surface area contributed by atoms with Crippen LogP contribution >= 0.6 is 0 Å². The Labute approximate surface area is 188 Å². The number of benzene rings is 3. The number of anilines is 1. The highest BCUT2D eigenvalue weighted by molar-refractivity contribution is 7.83. The first-order chi connectivity index (χ1) is 15.7. The molecule has 1 N–H and O–H groups in total. The topological polar surface area (TPSA) is 89.8 Å². The minimum atomic E-state index is -1.05. The van der Waals surface area contributed by atoms with Crippen molar-refractivity contribution in [1.29, 1.82) is 0 Å². The third-order valence-corrected chi connectivity index (χ3v) is 6.26. The van der Waals surface area contributed by atoms with E-state index in [0.29, 0.717) is 23.6 Å². The maximum Gasteiger partial charge on any atom is 0.249 e. The van der Waals surface area contributed by atoms with E-state index in [2.05, 4.69) is 20.8 Å². The van der Waals surface area contributed by atoms with Crippen molar-refractivity contribution in [3.63, 3.8) is 0 Å². The van der Waals surface area contributed by atoms with Gasteiger partial charge in [-0.2, -0.15) is 0 Å². The monoisotopic (exact) mass is 445 g/mol. The lowest BCUT2D eigenvalue weighted by molar-refractivity contribution is -0.119. The van der Waals surface area contributed by atoms with Crippen LogP contribution in [0.1, 0.15) is 22.7 Å². The second-order valence-electron chi connectivity index (χ2n) is 7.40. The normalized spacial score (nSPS) is 12.8. The number of carbonyl (C=O) groups is 1. The van der Waals surface area contributed by atoms with E-state index in [0.717, 1.165) is 16.7 Å². The number of rotatable bonds is 9. The second kappa shape index (κ2) is 10.6. The number of aromatic nitrogens is 4. The molecule has 0 fully saturated rings. The van der Waals surface area contributed by atoms with Crippen LogP contribution in [-0.4, -0.2) is 30.3 Å². The van der Waals surface area contributed by atoms with Crippen LogP contribution in [0, 0.1) is 0 Å². The van der Waals surface area contributed by atoms with E-state index in [9.17, 15) is 9.00 Å². The van der Waals surface area contributed by atoms with Gasteiger partial charge in [0.05, 0.1) is 0 Å². The van der Waals surface area contributed by atoms with Crippen molar-refractivity contribution in [3.05, 3.63) is 108 Å². The van der Waals surface area contributed by atoms with Crippen LogP contribution in [0.4, 0.5) is 5.69 Å². The molecule has 0 aliphatic carbocycles. The van der Waals surface area contributed by atoms with E-state index in [4.69, 9.17) is 0 Å². The van der Waals surface area contributed by atoms with Gasteiger partial charge in [-0.3, -0.25) is 9.00 Å². The predicted molar refractivity (Wildman–Crippen MR) is 124 cm³/mol. The number of carbonyl (C=O) groups excluding carboxylic acids is 1. The van der Waals surface area contributed by atoms with Gasteiger partial charge in [-0.05, 0) is 39.2 Å². The highest BCUT2D eigenvalue weighted by Crippen LogP contribution is 2.18. The Morgan fingerprint density at radius 1 is 0.875 bits per heavy atom. The molecule has 1 heterocycles. The zero-order chi connectivity index (χ0) is 22.2. The first-order valence-electron chi connectivity index (χ1n) is 10.2. The molecule has 8 heteroatoms. The van der Waals surface area contributed by atoms with Crippen molar-refractivity contribution in [3.8, 4) is 0 Å². The third kappa shape index (κ3) is 5.95. The summed E-state index contributed by atoms with van der Waals surface area (Å²) in [6, 6.07) is 26.4. The Balaban J connectivity index is 1.44. The highest BCUT2D eigenvalue weighted by Gasteiger charge is 2.22. The van der Waals surface area contributed by atoms with Gasteiger partial charge in [-0.25, -0.2) is 4.68 Å². The molecule has 162 valence electrons. The van der Waals surface area contributed by atoms with Crippen molar-refractivity contribution < 1.29 is 9.00 Å². The van der Waals surface area contributed by atoms with Crippen LogP contribution in [0.2, 0.25) is 0 Å². The summed E-state index contributed by atoms with van der Waals surface area (Å²) in [6.45, 7) is 0. The SMILES string of the molecule is O=C(Nc1cccc(CS(=O)Cc2ccccc2)c1)C(Cc1ccccc1)n1cnnn1. The molecular weight excluding hydrogens is 422 g/mol. The molecule has 0 spiro atoms. The highest BCUT2D eigenvalue weighted by atomic mass is 32.2. The van der Waals surface area contributed by atoms with E-state index >= 15 is 0 Å². The van der Waals surface area contributed by atoms with Crippen LogP contribution in [0.5, 0.6) is 0 Å². The number of tetrazole rings is 1. The number of nitrogens with one attached hydrogen (secondary N) is 1. The Bertz CT molecular complexity index is 1170. The maximum atomic E-state index is 13.1. The van der Waals surface area contributed by atoms with Gasteiger partial charge in [0.25, 0.3) is 0 Å². The lowest BCUT2D eigenvalue weighted by Gasteiger charge is -2.17. The Morgan fingerprint density at radius 2 is 1.53 bits per heavy atom. The summed E-state index contributed by atoms with van der Waals surface area (Å²) < 4.78 is 14.0. The molecule has 0 saturated heterocycles. The molecule has 0 radical (unpaired) electrons. The first-order valence-corrected chi connectivity index (χ1v) is 11.7. The molecule has 2 unspecified atom stereocenters. The lowest BCUT2D eigenvalue weighted by atomic mass is 10.1. The fraction of sp³-hybridized carbons (Fsp3) is 0.167. The third-order valence-electron chi connectivity index (χ3n) is 4.95. The van der Waals surface area contributed by atoms with Gasteiger partial charge in [0.1, 0.15) is 12.4 Å². The number of hydrogen-bond acceptors (Lipinski definition) is 5. The predicted octanol–water partition coefficient (Wildman–Crippen LogP) is 3.54. The Morgan fingerprint density at radius 3 is 2.22 bits per heavy atom. The first kappa shape index (κ1) is 21.6. The zero-order valence-electron chi connectivity index (χ0n) is 17.4. The number of nitrogens with zero attached hydrogens (tertiary/aromatic N) is 4. The van der Waals surface area contributed by atoms with Crippen molar-refractivity contribution in [2.75, 3.05) is 5.32 Å². The Kier molecular flexibility index (Phi) is 7.14. The second-order valence-corrected chi connectivity index (χ2v) is 8.86. The van der Waals surface area contributed by atoms with Gasteiger partial charge in [0, 0.05) is 34.4 Å². The van der Waals surface area contributed by atoms with E-state index in [1.165, 1.54) is 11.0 Å². The molecule has 4 rings (SSSR count). The summed E-state index contributed by atoms with van der Waals surface area (Å²) in [5.74, 6) is 0.693. The van der Waals surface area contributed by atoms with Crippen molar-refractivity contribution >= 4 is 22.4 Å². The molecule has 1 aromatic heterocycles. The fourth-order valence-corrected chi connectivity index (χ4v) is 4.63. The van der Waals surface area contributed by atoms with Crippen LogP contribution < -0.4 is 5.32 Å².